The van der Waals surface area contributed by atoms with Crippen LogP contribution in [0.3, 0.4) is 0 Å². The highest BCUT2D eigenvalue weighted by molar-refractivity contribution is 7.89. The lowest BCUT2D eigenvalue weighted by atomic mass is 10.1. The van der Waals surface area contributed by atoms with Gasteiger partial charge < -0.3 is 4.90 Å². The standard InChI is InChI=1S/C15H21N3O3S/c19-15-8-12(11-18(15)13-4-1-2-5-13)9-17-22(20,21)14-6-3-7-16-10-14/h3,6-7,10,12-13,17H,1-2,4-5,8-9,11H2. The zero-order valence-corrected chi connectivity index (χ0v) is 13.3. The van der Waals surface area contributed by atoms with E-state index >= 15 is 0 Å². The summed E-state index contributed by atoms with van der Waals surface area (Å²) < 4.78 is 26.9. The van der Waals surface area contributed by atoms with Gasteiger partial charge in [-0.05, 0) is 30.9 Å². The SMILES string of the molecule is O=C1CC(CNS(=O)(=O)c2cccnc2)CN1C1CCCC1. The van der Waals surface area contributed by atoms with Crippen molar-refractivity contribution in [3.05, 3.63) is 24.5 Å². The molecule has 6 nitrogen and oxygen atoms in total. The van der Waals surface area contributed by atoms with Gasteiger partial charge in [0.25, 0.3) is 0 Å². The van der Waals surface area contributed by atoms with Crippen LogP contribution in [0.5, 0.6) is 0 Å². The molecular formula is C15H21N3O3S. The van der Waals surface area contributed by atoms with Crippen molar-refractivity contribution < 1.29 is 13.2 Å². The minimum atomic E-state index is -3.54. The van der Waals surface area contributed by atoms with Crippen molar-refractivity contribution in [2.24, 2.45) is 5.92 Å². The molecule has 120 valence electrons. The zero-order valence-electron chi connectivity index (χ0n) is 12.4. The maximum atomic E-state index is 12.2. The first-order valence-electron chi connectivity index (χ1n) is 7.75. The number of hydrogen-bond donors (Lipinski definition) is 1. The van der Waals surface area contributed by atoms with Gasteiger partial charge in [0.15, 0.2) is 0 Å². The highest BCUT2D eigenvalue weighted by Crippen LogP contribution is 2.29. The van der Waals surface area contributed by atoms with Gasteiger partial charge in [-0.1, -0.05) is 12.8 Å². The fraction of sp³-hybridized carbons (Fsp3) is 0.600. The molecule has 1 saturated carbocycles. The van der Waals surface area contributed by atoms with Gasteiger partial charge in [-0.2, -0.15) is 0 Å². The Balaban J connectivity index is 1.57. The summed E-state index contributed by atoms with van der Waals surface area (Å²) in [5.41, 5.74) is 0. The third kappa shape index (κ3) is 3.30. The van der Waals surface area contributed by atoms with Gasteiger partial charge in [-0.25, -0.2) is 13.1 Å². The zero-order chi connectivity index (χ0) is 15.6. The molecule has 1 amide bonds. The molecule has 0 spiro atoms. The number of nitrogens with one attached hydrogen (secondary N) is 1. The summed E-state index contributed by atoms with van der Waals surface area (Å²) in [5, 5.41) is 0. The summed E-state index contributed by atoms with van der Waals surface area (Å²) in [6.07, 6.45) is 7.84. The molecule has 1 aromatic heterocycles. The number of nitrogens with zero attached hydrogens (tertiary/aromatic N) is 2. The molecule has 1 aliphatic carbocycles. The first-order valence-corrected chi connectivity index (χ1v) is 9.24. The lowest BCUT2D eigenvalue weighted by Gasteiger charge is -2.24. The van der Waals surface area contributed by atoms with E-state index in [-0.39, 0.29) is 16.7 Å². The van der Waals surface area contributed by atoms with Crippen molar-refractivity contribution in [2.45, 2.75) is 43.0 Å². The number of likely N-dealkylation sites (tertiary alicyclic amines) is 1. The van der Waals surface area contributed by atoms with Crippen LogP contribution in [-0.4, -0.2) is 43.3 Å². The molecule has 0 bridgehead atoms. The largest absolute Gasteiger partial charge is 0.339 e. The molecule has 3 rings (SSSR count). The van der Waals surface area contributed by atoms with Gasteiger partial charge in [-0.15, -0.1) is 0 Å². The molecule has 7 heteroatoms. The predicted molar refractivity (Wildman–Crippen MR) is 81.5 cm³/mol. The van der Waals surface area contributed by atoms with E-state index in [0.29, 0.717) is 25.6 Å². The normalized spacial score (nSPS) is 23.4. The summed E-state index contributed by atoms with van der Waals surface area (Å²) in [7, 11) is -3.54. The number of rotatable bonds is 5. The number of aromatic nitrogens is 1. The first-order chi connectivity index (χ1) is 10.6. The molecule has 22 heavy (non-hydrogen) atoms. The summed E-state index contributed by atoms with van der Waals surface area (Å²) in [6, 6.07) is 3.47. The highest BCUT2D eigenvalue weighted by Gasteiger charge is 2.35. The van der Waals surface area contributed by atoms with Crippen molar-refractivity contribution in [1.82, 2.24) is 14.6 Å². The topological polar surface area (TPSA) is 79.4 Å². The minimum Gasteiger partial charge on any atom is -0.339 e. The Morgan fingerprint density at radius 1 is 1.32 bits per heavy atom. The molecule has 1 saturated heterocycles. The number of carbonyl (C=O) groups is 1. The Bertz CT molecular complexity index is 627. The number of pyridine rings is 1. The average Bonchev–Trinajstić information content (AvgIpc) is 3.15. The van der Waals surface area contributed by atoms with E-state index in [4.69, 9.17) is 0 Å². The Morgan fingerprint density at radius 3 is 2.77 bits per heavy atom. The number of amides is 1. The lowest BCUT2D eigenvalue weighted by Crippen LogP contribution is -2.36. The molecule has 1 unspecified atom stereocenters. The maximum Gasteiger partial charge on any atom is 0.242 e. The predicted octanol–water partition coefficient (Wildman–Crippen LogP) is 1.15. The van der Waals surface area contributed by atoms with Crippen LogP contribution in [0.25, 0.3) is 0 Å². The van der Waals surface area contributed by atoms with Crippen molar-refractivity contribution in [3.8, 4) is 0 Å². The Morgan fingerprint density at radius 2 is 2.09 bits per heavy atom. The van der Waals surface area contributed by atoms with Crippen LogP contribution in [0.4, 0.5) is 0 Å². The van der Waals surface area contributed by atoms with Crippen molar-refractivity contribution in [3.63, 3.8) is 0 Å². The highest BCUT2D eigenvalue weighted by atomic mass is 32.2. The molecule has 1 aromatic rings. The van der Waals surface area contributed by atoms with Crippen LogP contribution in [0.1, 0.15) is 32.1 Å². The van der Waals surface area contributed by atoms with Gasteiger partial charge in [-0.3, -0.25) is 9.78 Å². The number of hydrogen-bond acceptors (Lipinski definition) is 4. The summed E-state index contributed by atoms with van der Waals surface area (Å²) in [4.78, 5) is 18.0. The molecular weight excluding hydrogens is 302 g/mol. The van der Waals surface area contributed by atoms with E-state index in [1.54, 1.807) is 6.07 Å². The van der Waals surface area contributed by atoms with Gasteiger partial charge in [0.2, 0.25) is 15.9 Å². The second kappa shape index (κ2) is 6.34. The second-order valence-electron chi connectivity index (χ2n) is 6.10. The second-order valence-corrected chi connectivity index (χ2v) is 7.86. The van der Waals surface area contributed by atoms with E-state index in [1.807, 2.05) is 4.90 Å². The van der Waals surface area contributed by atoms with E-state index in [2.05, 4.69) is 9.71 Å². The van der Waals surface area contributed by atoms with Crippen LogP contribution < -0.4 is 4.72 Å². The van der Waals surface area contributed by atoms with Crippen LogP contribution in [0, 0.1) is 5.92 Å². The molecule has 1 N–H and O–H groups in total. The van der Waals surface area contributed by atoms with Crippen LogP contribution >= 0.6 is 0 Å². The number of sulfonamides is 1. The molecule has 1 aliphatic heterocycles. The quantitative estimate of drug-likeness (QED) is 0.881. The molecule has 2 heterocycles. The fourth-order valence-corrected chi connectivity index (χ4v) is 4.41. The molecule has 2 fully saturated rings. The summed E-state index contributed by atoms with van der Waals surface area (Å²) in [5.74, 6) is 0.219. The third-order valence-corrected chi connectivity index (χ3v) is 5.92. The monoisotopic (exact) mass is 323 g/mol. The van der Waals surface area contributed by atoms with Gasteiger partial charge in [0, 0.05) is 37.9 Å². The van der Waals surface area contributed by atoms with Crippen LogP contribution in [0.2, 0.25) is 0 Å². The summed E-state index contributed by atoms with van der Waals surface area (Å²) in [6.45, 7) is 0.964. The Hall–Kier alpha value is -1.47. The third-order valence-electron chi connectivity index (χ3n) is 4.51. The lowest BCUT2D eigenvalue weighted by molar-refractivity contribution is -0.129. The van der Waals surface area contributed by atoms with E-state index in [9.17, 15) is 13.2 Å². The number of carbonyl (C=O) groups excluding carboxylic acids is 1. The van der Waals surface area contributed by atoms with E-state index in [0.717, 1.165) is 12.8 Å². The minimum absolute atomic E-state index is 0.0551. The summed E-state index contributed by atoms with van der Waals surface area (Å²) >= 11 is 0. The van der Waals surface area contributed by atoms with E-state index in [1.165, 1.54) is 31.3 Å². The van der Waals surface area contributed by atoms with Gasteiger partial charge >= 0.3 is 0 Å². The van der Waals surface area contributed by atoms with E-state index < -0.39 is 10.0 Å². The smallest absolute Gasteiger partial charge is 0.242 e. The average molecular weight is 323 g/mol. The Labute approximate surface area is 131 Å². The molecule has 0 radical (unpaired) electrons. The Kier molecular flexibility index (Phi) is 4.44. The maximum absolute atomic E-state index is 12.2. The first kappa shape index (κ1) is 15.4. The van der Waals surface area contributed by atoms with Crippen molar-refractivity contribution >= 4 is 15.9 Å². The van der Waals surface area contributed by atoms with Crippen molar-refractivity contribution in [2.75, 3.05) is 13.1 Å². The van der Waals surface area contributed by atoms with Gasteiger partial charge in [0.05, 0.1) is 0 Å². The van der Waals surface area contributed by atoms with Crippen molar-refractivity contribution in [1.29, 1.82) is 0 Å². The van der Waals surface area contributed by atoms with Gasteiger partial charge in [0.1, 0.15) is 4.90 Å². The molecule has 1 atom stereocenters. The molecule has 2 aliphatic rings. The molecule has 0 aromatic carbocycles. The van der Waals surface area contributed by atoms with Crippen LogP contribution in [0.15, 0.2) is 29.4 Å². The fourth-order valence-electron chi connectivity index (χ4n) is 3.33. The van der Waals surface area contributed by atoms with Crippen LogP contribution in [-0.2, 0) is 14.8 Å².